The number of rotatable bonds is 7. The summed E-state index contributed by atoms with van der Waals surface area (Å²) in [5.74, 6) is 0. The fraction of sp³-hybridized carbons (Fsp3) is 0. The highest BCUT2D eigenvalue weighted by molar-refractivity contribution is 6.12. The normalized spacial score (nSPS) is 11.5. The number of nitrogens with zero attached hydrogens (tertiary/aromatic N) is 1. The molecule has 0 spiro atoms. The van der Waals surface area contributed by atoms with Crippen LogP contribution in [-0.4, -0.2) is 0 Å². The fourth-order valence-corrected chi connectivity index (χ4v) is 9.34. The van der Waals surface area contributed by atoms with E-state index in [4.69, 9.17) is 4.42 Å². The summed E-state index contributed by atoms with van der Waals surface area (Å²) in [6.45, 7) is 0. The minimum atomic E-state index is 0.898. The molecular formula is C60H39NO. The van der Waals surface area contributed by atoms with Crippen LogP contribution < -0.4 is 4.90 Å². The van der Waals surface area contributed by atoms with Crippen molar-refractivity contribution in [1.82, 2.24) is 0 Å². The molecule has 0 fully saturated rings. The predicted molar refractivity (Wildman–Crippen MR) is 263 cm³/mol. The Labute approximate surface area is 360 Å². The number of fused-ring (bicyclic) bond motifs is 7. The summed E-state index contributed by atoms with van der Waals surface area (Å²) >= 11 is 0. The second kappa shape index (κ2) is 14.8. The third kappa shape index (κ3) is 6.20. The van der Waals surface area contributed by atoms with Gasteiger partial charge >= 0.3 is 0 Å². The molecule has 2 nitrogen and oxygen atoms in total. The maximum Gasteiger partial charge on any atom is 0.136 e. The lowest BCUT2D eigenvalue weighted by Gasteiger charge is -2.28. The van der Waals surface area contributed by atoms with Gasteiger partial charge in [-0.25, -0.2) is 0 Å². The Balaban J connectivity index is 0.959. The van der Waals surface area contributed by atoms with Crippen molar-refractivity contribution < 1.29 is 4.42 Å². The molecule has 0 atom stereocenters. The molecule has 2 heteroatoms. The van der Waals surface area contributed by atoms with E-state index in [1.165, 1.54) is 54.6 Å². The van der Waals surface area contributed by atoms with Crippen LogP contribution in [0.1, 0.15) is 0 Å². The van der Waals surface area contributed by atoms with Gasteiger partial charge < -0.3 is 9.32 Å². The van der Waals surface area contributed by atoms with E-state index in [0.29, 0.717) is 0 Å². The molecule has 0 amide bonds. The molecule has 11 aromatic carbocycles. The van der Waals surface area contributed by atoms with Gasteiger partial charge in [-0.1, -0.05) is 182 Å². The van der Waals surface area contributed by atoms with Crippen LogP contribution in [0.3, 0.4) is 0 Å². The maximum absolute atomic E-state index is 6.27. The van der Waals surface area contributed by atoms with E-state index < -0.39 is 0 Å². The van der Waals surface area contributed by atoms with Crippen LogP contribution in [0.15, 0.2) is 241 Å². The molecule has 0 saturated carbocycles. The number of benzene rings is 11. The smallest absolute Gasteiger partial charge is 0.136 e. The van der Waals surface area contributed by atoms with Gasteiger partial charge in [-0.05, 0) is 126 Å². The average molecular weight is 790 g/mol. The van der Waals surface area contributed by atoms with E-state index in [2.05, 4.69) is 229 Å². The molecule has 1 heterocycles. The first-order chi connectivity index (χ1) is 30.7. The van der Waals surface area contributed by atoms with Crippen molar-refractivity contribution in [2.45, 2.75) is 0 Å². The first-order valence-electron chi connectivity index (χ1n) is 21.2. The first-order valence-corrected chi connectivity index (χ1v) is 21.2. The highest BCUT2D eigenvalue weighted by atomic mass is 16.3. The van der Waals surface area contributed by atoms with Gasteiger partial charge in [-0.2, -0.15) is 0 Å². The Bertz CT molecular complexity index is 3620. The SMILES string of the molecule is c1ccc(N(c2ccc(-c3ccc4ccc5ccccc5c4c3)cc2)c2ccc(-c3cccc4oc5ccccc5c34)cc2)c(-c2ccc(-c3ccc4ccccc4c3)cc2)c1. The largest absolute Gasteiger partial charge is 0.456 e. The molecule has 12 aromatic rings. The second-order valence-electron chi connectivity index (χ2n) is 16.1. The van der Waals surface area contributed by atoms with Gasteiger partial charge in [-0.3, -0.25) is 0 Å². The second-order valence-corrected chi connectivity index (χ2v) is 16.1. The zero-order valence-corrected chi connectivity index (χ0v) is 33.9. The van der Waals surface area contributed by atoms with Gasteiger partial charge in [0.15, 0.2) is 0 Å². The van der Waals surface area contributed by atoms with E-state index in [1.807, 2.05) is 12.1 Å². The van der Waals surface area contributed by atoms with Gasteiger partial charge in [-0.15, -0.1) is 0 Å². The quantitative estimate of drug-likeness (QED) is 0.150. The van der Waals surface area contributed by atoms with Crippen molar-refractivity contribution >= 4 is 71.3 Å². The molecule has 0 aliphatic rings. The number of hydrogen-bond donors (Lipinski definition) is 0. The lowest BCUT2D eigenvalue weighted by Crippen LogP contribution is -2.11. The summed E-state index contributed by atoms with van der Waals surface area (Å²) in [5, 5.41) is 9.82. The van der Waals surface area contributed by atoms with Crippen LogP contribution >= 0.6 is 0 Å². The Morgan fingerprint density at radius 2 is 0.758 bits per heavy atom. The molecule has 1 aromatic heterocycles. The van der Waals surface area contributed by atoms with Crippen molar-refractivity contribution in [3.05, 3.63) is 237 Å². The molecule has 0 radical (unpaired) electrons. The summed E-state index contributed by atoms with van der Waals surface area (Å²) in [4.78, 5) is 2.39. The minimum absolute atomic E-state index is 0.898. The summed E-state index contributed by atoms with van der Waals surface area (Å²) in [6.07, 6.45) is 0. The Kier molecular flexibility index (Phi) is 8.53. The monoisotopic (exact) mass is 789 g/mol. The van der Waals surface area contributed by atoms with E-state index in [0.717, 1.165) is 61.3 Å². The summed E-state index contributed by atoms with van der Waals surface area (Å²) in [6, 6.07) is 85.6. The molecule has 0 N–H and O–H groups in total. The van der Waals surface area contributed by atoms with Crippen LogP contribution in [0.4, 0.5) is 17.1 Å². The first kappa shape index (κ1) is 35.7. The Morgan fingerprint density at radius 1 is 0.274 bits per heavy atom. The highest BCUT2D eigenvalue weighted by Gasteiger charge is 2.19. The topological polar surface area (TPSA) is 16.4 Å². The maximum atomic E-state index is 6.27. The van der Waals surface area contributed by atoms with Crippen molar-refractivity contribution in [1.29, 1.82) is 0 Å². The lowest BCUT2D eigenvalue weighted by molar-refractivity contribution is 0.669. The zero-order valence-electron chi connectivity index (χ0n) is 33.9. The molecule has 12 rings (SSSR count). The van der Waals surface area contributed by atoms with E-state index >= 15 is 0 Å². The average Bonchev–Trinajstić information content (AvgIpc) is 3.74. The molecule has 0 bridgehead atoms. The van der Waals surface area contributed by atoms with Crippen molar-refractivity contribution in [3.8, 4) is 44.5 Å². The van der Waals surface area contributed by atoms with Crippen molar-refractivity contribution in [3.63, 3.8) is 0 Å². The minimum Gasteiger partial charge on any atom is -0.456 e. The van der Waals surface area contributed by atoms with Gasteiger partial charge in [0.05, 0.1) is 5.69 Å². The van der Waals surface area contributed by atoms with Gasteiger partial charge in [0, 0.05) is 27.7 Å². The van der Waals surface area contributed by atoms with Crippen molar-refractivity contribution in [2.24, 2.45) is 0 Å². The van der Waals surface area contributed by atoms with Crippen LogP contribution in [0.2, 0.25) is 0 Å². The third-order valence-electron chi connectivity index (χ3n) is 12.5. The standard InChI is InChI=1S/C60H39NO/c1-2-12-47-38-48(28-22-40(47)10-1)41-20-23-44(24-21-41)53-14-5-7-17-57(53)61(51-36-32-45(33-37-51)54-16-9-19-59-60(54)55-15-6-8-18-58(55)62-59)50-34-30-42(31-35-50)49-29-27-46-26-25-43-11-3-4-13-52(43)56(46)39-49/h1-39H. The summed E-state index contributed by atoms with van der Waals surface area (Å²) in [7, 11) is 0. The molecule has 0 aliphatic carbocycles. The van der Waals surface area contributed by atoms with Crippen LogP contribution in [-0.2, 0) is 0 Å². The molecule has 0 saturated heterocycles. The molecule has 0 aliphatic heterocycles. The van der Waals surface area contributed by atoms with E-state index in [9.17, 15) is 0 Å². The van der Waals surface area contributed by atoms with Gasteiger partial charge in [0.1, 0.15) is 11.2 Å². The number of hydrogen-bond acceptors (Lipinski definition) is 2. The van der Waals surface area contributed by atoms with Crippen LogP contribution in [0.25, 0.3) is 98.8 Å². The third-order valence-corrected chi connectivity index (χ3v) is 12.5. The van der Waals surface area contributed by atoms with Crippen LogP contribution in [0, 0.1) is 0 Å². The number of anilines is 3. The Morgan fingerprint density at radius 3 is 1.53 bits per heavy atom. The van der Waals surface area contributed by atoms with Crippen LogP contribution in [0.5, 0.6) is 0 Å². The number of para-hydroxylation sites is 2. The predicted octanol–water partition coefficient (Wildman–Crippen LogP) is 17.2. The van der Waals surface area contributed by atoms with Gasteiger partial charge in [0.25, 0.3) is 0 Å². The van der Waals surface area contributed by atoms with E-state index in [1.54, 1.807) is 0 Å². The van der Waals surface area contributed by atoms with Crippen molar-refractivity contribution in [2.75, 3.05) is 4.90 Å². The van der Waals surface area contributed by atoms with Gasteiger partial charge in [0.2, 0.25) is 0 Å². The lowest BCUT2D eigenvalue weighted by atomic mass is 9.96. The fourth-order valence-electron chi connectivity index (χ4n) is 9.34. The highest BCUT2D eigenvalue weighted by Crippen LogP contribution is 2.44. The summed E-state index contributed by atoms with van der Waals surface area (Å²) in [5.41, 5.74) is 14.5. The zero-order chi connectivity index (χ0) is 41.0. The molecular weight excluding hydrogens is 751 g/mol. The number of furan rings is 1. The molecule has 0 unspecified atom stereocenters. The molecule has 62 heavy (non-hydrogen) atoms. The molecule has 290 valence electrons. The summed E-state index contributed by atoms with van der Waals surface area (Å²) < 4.78 is 6.27. The Hall–Kier alpha value is -8.20. The van der Waals surface area contributed by atoms with E-state index in [-0.39, 0.29) is 0 Å².